The second-order valence-electron chi connectivity index (χ2n) is 6.77. The van der Waals surface area contributed by atoms with E-state index in [1.165, 1.54) is 11.8 Å². The molecule has 2 rings (SSSR count). The van der Waals surface area contributed by atoms with Crippen LogP contribution < -0.4 is 21.1 Å². The SMILES string of the molecule is CSCCC(NC(=O)COc1nc(-c2ccccc2)ccc1NCC(N)CS)C(=O)O. The van der Waals surface area contributed by atoms with Gasteiger partial charge in [0.2, 0.25) is 5.88 Å². The number of carboxylic acid groups (broad SMARTS) is 1. The van der Waals surface area contributed by atoms with E-state index in [-0.39, 0.29) is 18.5 Å². The highest BCUT2D eigenvalue weighted by Gasteiger charge is 2.20. The molecule has 8 nitrogen and oxygen atoms in total. The topological polar surface area (TPSA) is 127 Å². The summed E-state index contributed by atoms with van der Waals surface area (Å²) < 4.78 is 5.67. The predicted molar refractivity (Wildman–Crippen MR) is 128 cm³/mol. The molecule has 2 aromatic rings. The summed E-state index contributed by atoms with van der Waals surface area (Å²) in [4.78, 5) is 28.2. The van der Waals surface area contributed by atoms with Gasteiger partial charge in [0.25, 0.3) is 5.91 Å². The fraction of sp³-hybridized carbons (Fsp3) is 0.381. The van der Waals surface area contributed by atoms with Crippen LogP contribution in [0.3, 0.4) is 0 Å². The van der Waals surface area contributed by atoms with Crippen molar-refractivity contribution in [1.82, 2.24) is 10.3 Å². The van der Waals surface area contributed by atoms with Crippen LogP contribution >= 0.6 is 24.4 Å². The number of rotatable bonds is 13. The first-order valence-corrected chi connectivity index (χ1v) is 11.8. The number of ether oxygens (including phenoxy) is 1. The Kier molecular flexibility index (Phi) is 10.5. The summed E-state index contributed by atoms with van der Waals surface area (Å²) in [6.45, 7) is 0.0930. The third-order valence-corrected chi connectivity index (χ3v) is 5.42. The van der Waals surface area contributed by atoms with Crippen LogP contribution in [0.15, 0.2) is 42.5 Å². The molecule has 2 unspecified atom stereocenters. The van der Waals surface area contributed by atoms with Crippen molar-refractivity contribution in [1.29, 1.82) is 0 Å². The van der Waals surface area contributed by atoms with Gasteiger partial charge < -0.3 is 26.2 Å². The van der Waals surface area contributed by atoms with Crippen molar-refractivity contribution in [2.75, 3.05) is 36.2 Å². The van der Waals surface area contributed by atoms with Gasteiger partial charge in [-0.3, -0.25) is 4.79 Å². The zero-order valence-electron chi connectivity index (χ0n) is 17.3. The Labute approximate surface area is 191 Å². The number of nitrogens with one attached hydrogen (secondary N) is 2. The van der Waals surface area contributed by atoms with E-state index in [1.807, 2.05) is 48.7 Å². The standard InChI is InChI=1S/C21H28N4O4S2/c1-31-10-9-18(21(27)28)24-19(26)12-29-20-17(23-11-15(22)13-30)8-7-16(25-20)14-5-3-2-4-6-14/h2-8,15,18,23,30H,9-13,22H2,1H3,(H,24,26)(H,27,28). The molecule has 5 N–H and O–H groups in total. The monoisotopic (exact) mass is 464 g/mol. The summed E-state index contributed by atoms with van der Waals surface area (Å²) in [7, 11) is 0. The molecule has 0 aliphatic carbocycles. The minimum absolute atomic E-state index is 0.166. The Bertz CT molecular complexity index is 855. The molecule has 0 aliphatic heterocycles. The molecule has 31 heavy (non-hydrogen) atoms. The summed E-state index contributed by atoms with van der Waals surface area (Å²) in [5.74, 6) is -0.238. The lowest BCUT2D eigenvalue weighted by Crippen LogP contribution is -2.43. The maximum Gasteiger partial charge on any atom is 0.326 e. The van der Waals surface area contributed by atoms with E-state index >= 15 is 0 Å². The minimum Gasteiger partial charge on any atom is -0.480 e. The third-order valence-electron chi connectivity index (χ3n) is 4.30. The lowest BCUT2D eigenvalue weighted by molar-refractivity contribution is -0.142. The average Bonchev–Trinajstić information content (AvgIpc) is 2.79. The number of nitrogens with zero attached hydrogens (tertiary/aromatic N) is 1. The number of hydrogen-bond acceptors (Lipinski definition) is 8. The fourth-order valence-corrected chi connectivity index (χ4v) is 3.22. The predicted octanol–water partition coefficient (Wildman–Crippen LogP) is 2.12. The minimum atomic E-state index is -1.07. The molecule has 1 aromatic heterocycles. The Morgan fingerprint density at radius 2 is 2.00 bits per heavy atom. The number of thiol groups is 1. The summed E-state index contributed by atoms with van der Waals surface area (Å²) in [5, 5.41) is 14.9. The lowest BCUT2D eigenvalue weighted by atomic mass is 10.1. The van der Waals surface area contributed by atoms with Crippen LogP contribution in [0.1, 0.15) is 6.42 Å². The second kappa shape index (κ2) is 13.1. The zero-order valence-corrected chi connectivity index (χ0v) is 19.0. The summed E-state index contributed by atoms with van der Waals surface area (Å²) >= 11 is 5.69. The molecule has 0 fully saturated rings. The molecule has 0 saturated carbocycles. The maximum absolute atomic E-state index is 12.3. The van der Waals surface area contributed by atoms with Crippen LogP contribution in [-0.4, -0.2) is 65.0 Å². The van der Waals surface area contributed by atoms with E-state index in [0.29, 0.717) is 35.9 Å². The molecule has 0 spiro atoms. The van der Waals surface area contributed by atoms with Gasteiger partial charge in [0, 0.05) is 23.9 Å². The number of aliphatic carboxylic acids is 1. The highest BCUT2D eigenvalue weighted by Crippen LogP contribution is 2.27. The molecule has 0 aliphatic rings. The number of anilines is 1. The summed E-state index contributed by atoms with van der Waals surface area (Å²) in [5.41, 5.74) is 8.09. The molecule has 168 valence electrons. The van der Waals surface area contributed by atoms with Crippen molar-refractivity contribution in [3.8, 4) is 17.1 Å². The second-order valence-corrected chi connectivity index (χ2v) is 8.12. The number of carboxylic acids is 1. The van der Waals surface area contributed by atoms with E-state index in [0.717, 1.165) is 5.56 Å². The van der Waals surface area contributed by atoms with Gasteiger partial charge in [0.15, 0.2) is 6.61 Å². The fourth-order valence-electron chi connectivity index (χ4n) is 2.62. The summed E-state index contributed by atoms with van der Waals surface area (Å²) in [6.07, 6.45) is 2.21. The van der Waals surface area contributed by atoms with Crippen LogP contribution in [0.25, 0.3) is 11.3 Å². The Hall–Kier alpha value is -2.43. The van der Waals surface area contributed by atoms with Gasteiger partial charge in [-0.25, -0.2) is 9.78 Å². The molecule has 1 amide bonds. The number of thioether (sulfide) groups is 1. The van der Waals surface area contributed by atoms with Gasteiger partial charge in [0.1, 0.15) is 6.04 Å². The number of benzene rings is 1. The van der Waals surface area contributed by atoms with Gasteiger partial charge in [-0.1, -0.05) is 30.3 Å². The number of amides is 1. The number of aromatic nitrogens is 1. The maximum atomic E-state index is 12.3. The van der Waals surface area contributed by atoms with Gasteiger partial charge in [-0.05, 0) is 30.6 Å². The van der Waals surface area contributed by atoms with Gasteiger partial charge in [-0.2, -0.15) is 24.4 Å². The van der Waals surface area contributed by atoms with Crippen LogP contribution in [-0.2, 0) is 9.59 Å². The zero-order chi connectivity index (χ0) is 22.6. The van der Waals surface area contributed by atoms with Crippen molar-refractivity contribution in [2.45, 2.75) is 18.5 Å². The van der Waals surface area contributed by atoms with Crippen molar-refractivity contribution in [2.24, 2.45) is 5.73 Å². The van der Waals surface area contributed by atoms with Gasteiger partial charge >= 0.3 is 5.97 Å². The molecule has 0 radical (unpaired) electrons. The molecule has 1 heterocycles. The van der Waals surface area contributed by atoms with Crippen LogP contribution in [0.4, 0.5) is 5.69 Å². The summed E-state index contributed by atoms with van der Waals surface area (Å²) in [6, 6.07) is 12.1. The number of nitrogens with two attached hydrogens (primary N) is 1. The van der Waals surface area contributed by atoms with E-state index in [4.69, 9.17) is 10.5 Å². The molecule has 2 atom stereocenters. The Morgan fingerprint density at radius 3 is 2.65 bits per heavy atom. The molecular formula is C21H28N4O4S2. The van der Waals surface area contributed by atoms with E-state index < -0.39 is 17.9 Å². The lowest BCUT2D eigenvalue weighted by Gasteiger charge is -2.17. The first-order chi connectivity index (χ1) is 14.9. The molecule has 1 aromatic carbocycles. The first kappa shape index (κ1) is 24.8. The number of carbonyl (C=O) groups excluding carboxylic acids is 1. The van der Waals surface area contributed by atoms with Crippen LogP contribution in [0.2, 0.25) is 0 Å². The van der Waals surface area contributed by atoms with Crippen LogP contribution in [0, 0.1) is 0 Å². The molecule has 10 heteroatoms. The highest BCUT2D eigenvalue weighted by atomic mass is 32.2. The quantitative estimate of drug-likeness (QED) is 0.285. The molecular weight excluding hydrogens is 436 g/mol. The highest BCUT2D eigenvalue weighted by molar-refractivity contribution is 7.98. The normalized spacial score (nSPS) is 12.6. The van der Waals surface area contributed by atoms with Crippen molar-refractivity contribution in [3.05, 3.63) is 42.5 Å². The van der Waals surface area contributed by atoms with Crippen LogP contribution in [0.5, 0.6) is 5.88 Å². The molecule has 0 saturated heterocycles. The number of carbonyl (C=O) groups is 2. The number of pyridine rings is 1. The number of hydrogen-bond donors (Lipinski definition) is 5. The first-order valence-electron chi connectivity index (χ1n) is 9.75. The largest absolute Gasteiger partial charge is 0.480 e. The smallest absolute Gasteiger partial charge is 0.326 e. The van der Waals surface area contributed by atoms with Gasteiger partial charge in [-0.15, -0.1) is 0 Å². The van der Waals surface area contributed by atoms with Crippen molar-refractivity contribution in [3.63, 3.8) is 0 Å². The van der Waals surface area contributed by atoms with E-state index in [9.17, 15) is 14.7 Å². The van der Waals surface area contributed by atoms with Crippen molar-refractivity contribution >= 4 is 42.0 Å². The Morgan fingerprint density at radius 1 is 1.26 bits per heavy atom. The third kappa shape index (κ3) is 8.31. The molecule has 0 bridgehead atoms. The average molecular weight is 465 g/mol. The van der Waals surface area contributed by atoms with E-state index in [2.05, 4.69) is 28.2 Å². The van der Waals surface area contributed by atoms with Gasteiger partial charge in [0.05, 0.1) is 11.4 Å². The van der Waals surface area contributed by atoms with E-state index in [1.54, 1.807) is 0 Å². The Balaban J connectivity index is 2.13. The van der Waals surface area contributed by atoms with Crippen molar-refractivity contribution < 1.29 is 19.4 Å².